The SMILES string of the molecule is FC(F)(F)Oc1ccc(I)cc1Br. The van der Waals surface area contributed by atoms with Gasteiger partial charge in [-0.2, -0.15) is 0 Å². The van der Waals surface area contributed by atoms with E-state index in [1.54, 1.807) is 6.07 Å². The second-order valence-corrected chi connectivity index (χ2v) is 4.22. The van der Waals surface area contributed by atoms with Gasteiger partial charge >= 0.3 is 6.36 Å². The number of alkyl halides is 3. The molecule has 1 rings (SSSR count). The Balaban J connectivity index is 2.90. The van der Waals surface area contributed by atoms with E-state index in [1.165, 1.54) is 12.1 Å². The molecule has 0 heterocycles. The predicted octanol–water partition coefficient (Wildman–Crippen LogP) is 3.95. The molecule has 6 heteroatoms. The molecule has 0 aromatic heterocycles. The van der Waals surface area contributed by atoms with Gasteiger partial charge in [0.05, 0.1) is 4.47 Å². The summed E-state index contributed by atoms with van der Waals surface area (Å²) in [4.78, 5) is 0. The Hall–Kier alpha value is 0.0200. The minimum atomic E-state index is -4.64. The van der Waals surface area contributed by atoms with Gasteiger partial charge in [0.2, 0.25) is 0 Å². The van der Waals surface area contributed by atoms with E-state index in [1.807, 2.05) is 22.6 Å². The zero-order valence-corrected chi connectivity index (χ0v) is 9.77. The number of ether oxygens (including phenoxy) is 1. The van der Waals surface area contributed by atoms with Gasteiger partial charge in [-0.3, -0.25) is 0 Å². The molecule has 0 fully saturated rings. The number of hydrogen-bond acceptors (Lipinski definition) is 1. The molecule has 1 aromatic carbocycles. The van der Waals surface area contributed by atoms with Crippen LogP contribution in [0.25, 0.3) is 0 Å². The lowest BCUT2D eigenvalue weighted by Crippen LogP contribution is -2.17. The normalized spacial score (nSPS) is 11.5. The van der Waals surface area contributed by atoms with Crippen LogP contribution in [0.5, 0.6) is 5.75 Å². The Kier molecular flexibility index (Phi) is 3.44. The first-order chi connectivity index (χ1) is 5.88. The van der Waals surface area contributed by atoms with Gasteiger partial charge in [-0.05, 0) is 56.7 Å². The lowest BCUT2D eigenvalue weighted by molar-refractivity contribution is -0.274. The first-order valence-corrected chi connectivity index (χ1v) is 4.96. The molecular weight excluding hydrogens is 364 g/mol. The Morgan fingerprint density at radius 1 is 1.31 bits per heavy atom. The van der Waals surface area contributed by atoms with E-state index in [9.17, 15) is 13.2 Å². The zero-order valence-electron chi connectivity index (χ0n) is 6.03. The fourth-order valence-corrected chi connectivity index (χ4v) is 2.06. The third-order valence-corrected chi connectivity index (χ3v) is 2.41. The summed E-state index contributed by atoms with van der Waals surface area (Å²) < 4.78 is 40.2. The molecule has 0 saturated heterocycles. The van der Waals surface area contributed by atoms with Crippen molar-refractivity contribution in [3.8, 4) is 5.75 Å². The average Bonchev–Trinajstić information content (AvgIpc) is 1.93. The van der Waals surface area contributed by atoms with E-state index in [-0.39, 0.29) is 10.2 Å². The largest absolute Gasteiger partial charge is 0.573 e. The fourth-order valence-electron chi connectivity index (χ4n) is 0.683. The molecule has 0 aliphatic heterocycles. The van der Waals surface area contributed by atoms with Crippen LogP contribution in [0, 0.1) is 3.57 Å². The van der Waals surface area contributed by atoms with Crippen LogP contribution in [0.15, 0.2) is 22.7 Å². The molecular formula is C7H3BrF3IO. The van der Waals surface area contributed by atoms with E-state index < -0.39 is 6.36 Å². The van der Waals surface area contributed by atoms with Gasteiger partial charge in [0, 0.05) is 3.57 Å². The van der Waals surface area contributed by atoms with E-state index in [0.717, 1.165) is 3.57 Å². The summed E-state index contributed by atoms with van der Waals surface area (Å²) >= 11 is 4.96. The van der Waals surface area contributed by atoms with E-state index >= 15 is 0 Å². The van der Waals surface area contributed by atoms with Crippen molar-refractivity contribution in [1.29, 1.82) is 0 Å². The molecule has 0 amide bonds. The summed E-state index contributed by atoms with van der Waals surface area (Å²) in [5.41, 5.74) is 0. The Bertz CT molecular complexity index is 313. The van der Waals surface area contributed by atoms with Crippen molar-refractivity contribution in [3.63, 3.8) is 0 Å². The van der Waals surface area contributed by atoms with Crippen molar-refractivity contribution in [1.82, 2.24) is 0 Å². The highest BCUT2D eigenvalue weighted by atomic mass is 127. The number of benzene rings is 1. The highest BCUT2D eigenvalue weighted by Gasteiger charge is 2.31. The lowest BCUT2D eigenvalue weighted by atomic mass is 10.3. The van der Waals surface area contributed by atoms with Crippen LogP contribution in [-0.2, 0) is 0 Å². The van der Waals surface area contributed by atoms with Crippen molar-refractivity contribution < 1.29 is 17.9 Å². The summed E-state index contributed by atoms with van der Waals surface area (Å²) in [6, 6.07) is 4.34. The van der Waals surface area contributed by atoms with Crippen molar-refractivity contribution in [3.05, 3.63) is 26.2 Å². The maximum absolute atomic E-state index is 11.8. The minimum Gasteiger partial charge on any atom is -0.405 e. The Morgan fingerprint density at radius 2 is 1.92 bits per heavy atom. The van der Waals surface area contributed by atoms with Gasteiger partial charge < -0.3 is 4.74 Å². The summed E-state index contributed by atoms with van der Waals surface area (Å²) in [6.07, 6.45) is -4.64. The van der Waals surface area contributed by atoms with Gasteiger partial charge in [-0.1, -0.05) is 0 Å². The molecule has 72 valence electrons. The molecule has 13 heavy (non-hydrogen) atoms. The Morgan fingerprint density at radius 3 is 2.38 bits per heavy atom. The predicted molar refractivity (Wildman–Crippen MR) is 53.5 cm³/mol. The molecule has 0 aliphatic carbocycles. The highest BCUT2D eigenvalue weighted by molar-refractivity contribution is 14.1. The first kappa shape index (κ1) is 11.1. The monoisotopic (exact) mass is 366 g/mol. The number of rotatable bonds is 1. The van der Waals surface area contributed by atoms with Crippen LogP contribution in [0.4, 0.5) is 13.2 Å². The molecule has 0 N–H and O–H groups in total. The second kappa shape index (κ2) is 4.04. The van der Waals surface area contributed by atoms with Gasteiger partial charge in [0.1, 0.15) is 5.75 Å². The van der Waals surface area contributed by atoms with Crippen LogP contribution in [-0.4, -0.2) is 6.36 Å². The zero-order chi connectivity index (χ0) is 10.1. The molecule has 0 saturated carbocycles. The lowest BCUT2D eigenvalue weighted by Gasteiger charge is -2.10. The van der Waals surface area contributed by atoms with Crippen molar-refractivity contribution in [2.24, 2.45) is 0 Å². The van der Waals surface area contributed by atoms with Crippen LogP contribution in [0.1, 0.15) is 0 Å². The van der Waals surface area contributed by atoms with Crippen LogP contribution in [0.2, 0.25) is 0 Å². The van der Waals surface area contributed by atoms with Crippen LogP contribution < -0.4 is 4.74 Å². The standard InChI is InChI=1S/C7H3BrF3IO/c8-5-3-4(12)1-2-6(5)13-7(9,10)11/h1-3H. The molecule has 0 atom stereocenters. The molecule has 0 bridgehead atoms. The Labute approximate surface area is 94.5 Å². The minimum absolute atomic E-state index is 0.229. The molecule has 1 nitrogen and oxygen atoms in total. The number of halogens is 5. The van der Waals surface area contributed by atoms with E-state index in [4.69, 9.17) is 0 Å². The van der Waals surface area contributed by atoms with Gasteiger partial charge in [-0.15, -0.1) is 13.2 Å². The molecule has 0 spiro atoms. The number of hydrogen-bond donors (Lipinski definition) is 0. The van der Waals surface area contributed by atoms with Gasteiger partial charge in [-0.25, -0.2) is 0 Å². The first-order valence-electron chi connectivity index (χ1n) is 3.09. The highest BCUT2D eigenvalue weighted by Crippen LogP contribution is 2.31. The third-order valence-electron chi connectivity index (χ3n) is 1.12. The van der Waals surface area contributed by atoms with E-state index in [2.05, 4.69) is 20.7 Å². The molecule has 1 aromatic rings. The molecule has 0 radical (unpaired) electrons. The van der Waals surface area contributed by atoms with Crippen molar-refractivity contribution in [2.75, 3.05) is 0 Å². The van der Waals surface area contributed by atoms with Gasteiger partial charge in [0.15, 0.2) is 0 Å². The molecule has 0 aliphatic rings. The maximum atomic E-state index is 11.8. The third kappa shape index (κ3) is 3.72. The maximum Gasteiger partial charge on any atom is 0.573 e. The summed E-state index contributed by atoms with van der Waals surface area (Å²) in [7, 11) is 0. The quantitative estimate of drug-likeness (QED) is 0.684. The van der Waals surface area contributed by atoms with Crippen molar-refractivity contribution >= 4 is 38.5 Å². The smallest absolute Gasteiger partial charge is 0.405 e. The van der Waals surface area contributed by atoms with Crippen molar-refractivity contribution in [2.45, 2.75) is 6.36 Å². The summed E-state index contributed by atoms with van der Waals surface area (Å²) in [5.74, 6) is -0.229. The van der Waals surface area contributed by atoms with Crippen LogP contribution >= 0.6 is 38.5 Å². The topological polar surface area (TPSA) is 9.23 Å². The van der Waals surface area contributed by atoms with Crippen LogP contribution in [0.3, 0.4) is 0 Å². The second-order valence-electron chi connectivity index (χ2n) is 2.12. The average molecular weight is 367 g/mol. The summed E-state index contributed by atoms with van der Waals surface area (Å²) in [5, 5.41) is 0. The summed E-state index contributed by atoms with van der Waals surface area (Å²) in [6.45, 7) is 0. The molecule has 0 unspecified atom stereocenters. The van der Waals surface area contributed by atoms with E-state index in [0.29, 0.717) is 0 Å². The fraction of sp³-hybridized carbons (Fsp3) is 0.143. The van der Waals surface area contributed by atoms with Gasteiger partial charge in [0.25, 0.3) is 0 Å².